The van der Waals surface area contributed by atoms with Crippen molar-refractivity contribution in [2.75, 3.05) is 0 Å². The Balaban J connectivity index is 0.00000196. The van der Waals surface area contributed by atoms with Gasteiger partial charge in [0.15, 0.2) is 0 Å². The minimum Gasteiger partial charge on any atom is -0.195 e. The molecule has 0 saturated carbocycles. The fourth-order valence-electron chi connectivity index (χ4n) is 4.12. The van der Waals surface area contributed by atoms with Crippen LogP contribution in [-0.2, 0) is 17.1 Å². The monoisotopic (exact) mass is 374 g/mol. The van der Waals surface area contributed by atoms with Gasteiger partial charge in [-0.15, -0.1) is 0 Å². The van der Waals surface area contributed by atoms with Crippen molar-refractivity contribution in [2.24, 2.45) is 0 Å². The van der Waals surface area contributed by atoms with Gasteiger partial charge in [0.2, 0.25) is 0 Å². The first-order chi connectivity index (χ1) is 12.4. The molecule has 0 aliphatic carbocycles. The van der Waals surface area contributed by atoms with Crippen LogP contribution in [-0.4, -0.2) is 6.15 Å². The van der Waals surface area contributed by atoms with Crippen molar-refractivity contribution < 1.29 is 17.1 Å². The third-order valence-corrected chi connectivity index (χ3v) is 5.20. The summed E-state index contributed by atoms with van der Waals surface area (Å²) in [5, 5.41) is 0. The molecule has 26 heavy (non-hydrogen) atoms. The van der Waals surface area contributed by atoms with Gasteiger partial charge in [0.25, 0.3) is 0 Å². The zero-order valence-corrected chi connectivity index (χ0v) is 15.7. The summed E-state index contributed by atoms with van der Waals surface area (Å²) >= 11 is 0. The van der Waals surface area contributed by atoms with Crippen molar-refractivity contribution in [3.8, 4) is 0 Å². The second kappa shape index (κ2) is 8.23. The van der Waals surface area contributed by atoms with Crippen molar-refractivity contribution >= 4 is 28.0 Å². The van der Waals surface area contributed by atoms with Gasteiger partial charge in [0.05, 0.1) is 0 Å². The maximum Gasteiger partial charge on any atom is 0.108 e. The first-order valence-electron chi connectivity index (χ1n) is 8.80. The van der Waals surface area contributed by atoms with E-state index in [1.54, 1.807) is 0 Å². The smallest absolute Gasteiger partial charge is 0.108 e. The Morgan fingerprint density at radius 1 is 0.308 bits per heavy atom. The summed E-state index contributed by atoms with van der Waals surface area (Å²) in [6, 6.07) is 43.5. The van der Waals surface area contributed by atoms with Gasteiger partial charge in [-0.2, -0.15) is 21.9 Å². The van der Waals surface area contributed by atoms with E-state index >= 15 is 0 Å². The zero-order valence-electron chi connectivity index (χ0n) is 14.5. The van der Waals surface area contributed by atoms with Crippen LogP contribution in [0.1, 0.15) is 0 Å². The quantitative estimate of drug-likeness (QED) is 0.482. The topological polar surface area (TPSA) is 0 Å². The number of hydrogen-bond donors (Lipinski definition) is 0. The second-order valence-corrected chi connectivity index (χ2v) is 6.51. The van der Waals surface area contributed by atoms with Crippen molar-refractivity contribution in [2.45, 2.75) is 0 Å². The molecule has 4 rings (SSSR count). The maximum atomic E-state index is 2.26. The minimum absolute atomic E-state index is 0. The van der Waals surface area contributed by atoms with E-state index < -0.39 is 6.15 Å². The molecule has 0 N–H and O–H groups in total. The predicted molar refractivity (Wildman–Crippen MR) is 110 cm³/mol. The molecule has 1 radical (unpaired) electrons. The van der Waals surface area contributed by atoms with Crippen LogP contribution in [0.15, 0.2) is 121 Å². The van der Waals surface area contributed by atoms with E-state index in [-0.39, 0.29) is 17.1 Å². The SMILES string of the molecule is [Mn].c1ccc([B-](c2ccccc2)(c2ccccc2)c2ccccc2)cc1. The molecule has 0 spiro atoms. The van der Waals surface area contributed by atoms with Crippen LogP contribution in [0.5, 0.6) is 0 Å². The molecule has 0 heterocycles. The third-order valence-electron chi connectivity index (χ3n) is 5.20. The molecule has 0 saturated heterocycles. The molecular formula is C24H20BMn-. The van der Waals surface area contributed by atoms with Crippen molar-refractivity contribution in [3.05, 3.63) is 121 Å². The Bertz CT molecular complexity index is 759. The van der Waals surface area contributed by atoms with Gasteiger partial charge in [0, 0.05) is 17.1 Å². The maximum absolute atomic E-state index is 2.26. The molecule has 4 aromatic rings. The van der Waals surface area contributed by atoms with Crippen LogP contribution >= 0.6 is 0 Å². The van der Waals surface area contributed by atoms with E-state index in [2.05, 4.69) is 121 Å². The molecule has 0 fully saturated rings. The number of rotatable bonds is 4. The van der Waals surface area contributed by atoms with Crippen LogP contribution < -0.4 is 21.9 Å². The molecule has 0 aliphatic heterocycles. The molecule has 0 atom stereocenters. The van der Waals surface area contributed by atoms with Crippen molar-refractivity contribution in [1.82, 2.24) is 0 Å². The Kier molecular flexibility index (Phi) is 5.78. The van der Waals surface area contributed by atoms with Gasteiger partial charge in [-0.1, -0.05) is 121 Å². The third kappa shape index (κ3) is 3.14. The van der Waals surface area contributed by atoms with E-state index in [0.717, 1.165) is 0 Å². The van der Waals surface area contributed by atoms with E-state index in [0.29, 0.717) is 0 Å². The Hall–Kier alpha value is -2.54. The number of hydrogen-bond acceptors (Lipinski definition) is 0. The molecule has 127 valence electrons. The molecule has 0 aliphatic rings. The van der Waals surface area contributed by atoms with Crippen LogP contribution in [0.25, 0.3) is 0 Å². The Morgan fingerprint density at radius 3 is 0.692 bits per heavy atom. The summed E-state index contributed by atoms with van der Waals surface area (Å²) < 4.78 is 0. The largest absolute Gasteiger partial charge is 0.195 e. The molecule has 0 amide bonds. The molecule has 0 unspecified atom stereocenters. The zero-order chi connectivity index (χ0) is 17.0. The molecular weight excluding hydrogens is 354 g/mol. The van der Waals surface area contributed by atoms with Gasteiger partial charge >= 0.3 is 0 Å². The molecule has 0 bridgehead atoms. The van der Waals surface area contributed by atoms with E-state index in [9.17, 15) is 0 Å². The fourth-order valence-corrected chi connectivity index (χ4v) is 4.12. The minimum atomic E-state index is -1.22. The average Bonchev–Trinajstić information content (AvgIpc) is 2.72. The van der Waals surface area contributed by atoms with E-state index in [4.69, 9.17) is 0 Å². The van der Waals surface area contributed by atoms with Crippen LogP contribution in [0.3, 0.4) is 0 Å². The normalized spacial score (nSPS) is 10.8. The van der Waals surface area contributed by atoms with E-state index in [1.165, 1.54) is 21.9 Å². The predicted octanol–water partition coefficient (Wildman–Crippen LogP) is 3.06. The Morgan fingerprint density at radius 2 is 0.500 bits per heavy atom. The molecule has 2 heteroatoms. The average molecular weight is 374 g/mol. The van der Waals surface area contributed by atoms with Gasteiger partial charge in [0.1, 0.15) is 6.15 Å². The Labute approximate surface area is 166 Å². The first-order valence-corrected chi connectivity index (χ1v) is 8.80. The second-order valence-electron chi connectivity index (χ2n) is 6.51. The summed E-state index contributed by atoms with van der Waals surface area (Å²) in [5.41, 5.74) is 5.36. The first kappa shape index (κ1) is 18.3. The summed E-state index contributed by atoms with van der Waals surface area (Å²) in [5.74, 6) is 0. The van der Waals surface area contributed by atoms with Gasteiger partial charge in [-0.25, -0.2) is 0 Å². The number of benzene rings is 4. The standard InChI is InChI=1S/C24H20B.Mn/c1-5-13-21(14-6-1)25(22-15-7-2-8-16-22,23-17-9-3-10-18-23)24-19-11-4-12-20-24;/h1-20H;/q-1;. The fraction of sp³-hybridized carbons (Fsp3) is 0. The van der Waals surface area contributed by atoms with Gasteiger partial charge in [-0.05, 0) is 0 Å². The van der Waals surface area contributed by atoms with Crippen LogP contribution in [0, 0.1) is 0 Å². The molecule has 4 aromatic carbocycles. The van der Waals surface area contributed by atoms with E-state index in [1.807, 2.05) is 0 Å². The summed E-state index contributed by atoms with van der Waals surface area (Å²) in [7, 11) is 0. The summed E-state index contributed by atoms with van der Waals surface area (Å²) in [4.78, 5) is 0. The molecule has 0 aromatic heterocycles. The van der Waals surface area contributed by atoms with Gasteiger partial charge < -0.3 is 0 Å². The summed E-state index contributed by atoms with van der Waals surface area (Å²) in [6.45, 7) is 0. The molecule has 0 nitrogen and oxygen atoms in total. The van der Waals surface area contributed by atoms with Gasteiger partial charge in [-0.3, -0.25) is 0 Å². The van der Waals surface area contributed by atoms with Crippen molar-refractivity contribution in [1.29, 1.82) is 0 Å². The van der Waals surface area contributed by atoms with Crippen LogP contribution in [0.4, 0.5) is 0 Å². The van der Waals surface area contributed by atoms with Crippen molar-refractivity contribution in [3.63, 3.8) is 0 Å². The summed E-state index contributed by atoms with van der Waals surface area (Å²) in [6.07, 6.45) is -1.22. The van der Waals surface area contributed by atoms with Crippen LogP contribution in [0.2, 0.25) is 0 Å².